The van der Waals surface area contributed by atoms with Gasteiger partial charge in [0.25, 0.3) is 0 Å². The Morgan fingerprint density at radius 1 is 1.18 bits per heavy atom. The summed E-state index contributed by atoms with van der Waals surface area (Å²) in [5.41, 5.74) is -0.533. The molecule has 1 heterocycles. The number of alkyl halides is 3. The van der Waals surface area contributed by atoms with Crippen LogP contribution in [0.25, 0.3) is 0 Å². The SMILES string of the molecule is COc1cccc(CS(=O)(=O)c2ccc(C(F)(F)F)cn2)c1. The van der Waals surface area contributed by atoms with Crippen LogP contribution in [0.4, 0.5) is 13.2 Å². The highest BCUT2D eigenvalue weighted by atomic mass is 32.2. The smallest absolute Gasteiger partial charge is 0.417 e. The van der Waals surface area contributed by atoms with Crippen molar-refractivity contribution in [3.63, 3.8) is 0 Å². The van der Waals surface area contributed by atoms with E-state index < -0.39 is 26.6 Å². The Kier molecular flexibility index (Phi) is 4.41. The molecule has 0 aliphatic heterocycles. The van der Waals surface area contributed by atoms with Gasteiger partial charge in [-0.3, -0.25) is 0 Å². The summed E-state index contributed by atoms with van der Waals surface area (Å²) in [5, 5.41) is -0.400. The average Bonchev–Trinajstić information content (AvgIpc) is 2.46. The molecular formula is C14H12F3NO3S. The Bertz CT molecular complexity index is 756. The van der Waals surface area contributed by atoms with Gasteiger partial charge in [0.2, 0.25) is 0 Å². The lowest BCUT2D eigenvalue weighted by atomic mass is 10.2. The highest BCUT2D eigenvalue weighted by Crippen LogP contribution is 2.29. The maximum atomic E-state index is 12.4. The van der Waals surface area contributed by atoms with Gasteiger partial charge in [-0.2, -0.15) is 13.2 Å². The van der Waals surface area contributed by atoms with E-state index in [-0.39, 0.29) is 5.75 Å². The molecule has 0 aliphatic carbocycles. The first-order chi connectivity index (χ1) is 10.2. The van der Waals surface area contributed by atoms with Crippen LogP contribution < -0.4 is 4.74 Å². The van der Waals surface area contributed by atoms with Crippen molar-refractivity contribution < 1.29 is 26.3 Å². The summed E-state index contributed by atoms with van der Waals surface area (Å²) in [6.45, 7) is 0. The number of hydrogen-bond donors (Lipinski definition) is 0. The van der Waals surface area contributed by atoms with Crippen LogP contribution in [0.15, 0.2) is 47.6 Å². The quantitative estimate of drug-likeness (QED) is 0.864. The second-order valence-electron chi connectivity index (χ2n) is 4.49. The molecule has 0 spiro atoms. The first kappa shape index (κ1) is 16.3. The number of benzene rings is 1. The Hall–Kier alpha value is -2.09. The van der Waals surface area contributed by atoms with E-state index in [2.05, 4.69) is 4.98 Å². The molecule has 0 fully saturated rings. The van der Waals surface area contributed by atoms with Crippen molar-refractivity contribution in [1.82, 2.24) is 4.98 Å². The van der Waals surface area contributed by atoms with Gasteiger partial charge in [-0.25, -0.2) is 13.4 Å². The number of rotatable bonds is 4. The summed E-state index contributed by atoms with van der Waals surface area (Å²) in [7, 11) is -2.39. The number of ether oxygens (including phenoxy) is 1. The predicted molar refractivity (Wildman–Crippen MR) is 73.1 cm³/mol. The fourth-order valence-corrected chi connectivity index (χ4v) is 3.04. The number of halogens is 3. The zero-order valence-corrected chi connectivity index (χ0v) is 12.3. The molecule has 0 bridgehead atoms. The van der Waals surface area contributed by atoms with E-state index >= 15 is 0 Å². The van der Waals surface area contributed by atoms with Crippen LogP contribution in [0.5, 0.6) is 5.75 Å². The number of nitrogens with zero attached hydrogens (tertiary/aromatic N) is 1. The van der Waals surface area contributed by atoms with Gasteiger partial charge in [0, 0.05) is 6.20 Å². The van der Waals surface area contributed by atoms with Crippen LogP contribution in [0.2, 0.25) is 0 Å². The Morgan fingerprint density at radius 2 is 1.91 bits per heavy atom. The van der Waals surface area contributed by atoms with Crippen molar-refractivity contribution in [2.24, 2.45) is 0 Å². The fourth-order valence-electron chi connectivity index (χ4n) is 1.79. The molecule has 0 aliphatic rings. The molecule has 2 aromatic rings. The van der Waals surface area contributed by atoms with Crippen molar-refractivity contribution >= 4 is 9.84 Å². The largest absolute Gasteiger partial charge is 0.497 e. The van der Waals surface area contributed by atoms with E-state index in [1.807, 2.05) is 0 Å². The van der Waals surface area contributed by atoms with E-state index in [4.69, 9.17) is 4.74 Å². The zero-order valence-electron chi connectivity index (χ0n) is 11.5. The van der Waals surface area contributed by atoms with Crippen molar-refractivity contribution in [1.29, 1.82) is 0 Å². The summed E-state index contributed by atoms with van der Waals surface area (Å²) < 4.78 is 66.7. The van der Waals surface area contributed by atoms with E-state index in [1.54, 1.807) is 24.3 Å². The standard InChI is InChI=1S/C14H12F3NO3S/c1-21-12-4-2-3-10(7-12)9-22(19,20)13-6-5-11(8-18-13)14(15,16)17/h2-8H,9H2,1H3. The summed E-state index contributed by atoms with van der Waals surface area (Å²) >= 11 is 0. The van der Waals surface area contributed by atoms with Crippen molar-refractivity contribution in [2.45, 2.75) is 17.0 Å². The summed E-state index contributed by atoms with van der Waals surface area (Å²) in [6, 6.07) is 7.98. The zero-order chi connectivity index (χ0) is 16.4. The molecule has 0 amide bonds. The molecule has 22 heavy (non-hydrogen) atoms. The van der Waals surface area contributed by atoms with Crippen LogP contribution >= 0.6 is 0 Å². The molecule has 0 unspecified atom stereocenters. The molecule has 0 saturated carbocycles. The third-order valence-corrected chi connectivity index (χ3v) is 4.47. The molecule has 1 aromatic heterocycles. The fraction of sp³-hybridized carbons (Fsp3) is 0.214. The van der Waals surface area contributed by atoms with Gasteiger partial charge in [0.1, 0.15) is 5.75 Å². The van der Waals surface area contributed by atoms with E-state index in [0.29, 0.717) is 23.6 Å². The summed E-state index contributed by atoms with van der Waals surface area (Å²) in [6.07, 6.45) is -4.04. The molecule has 2 rings (SSSR count). The molecule has 8 heteroatoms. The van der Waals surface area contributed by atoms with E-state index in [1.165, 1.54) is 7.11 Å². The first-order valence-electron chi connectivity index (χ1n) is 6.11. The highest BCUT2D eigenvalue weighted by Gasteiger charge is 2.31. The Morgan fingerprint density at radius 3 is 2.45 bits per heavy atom. The van der Waals surface area contributed by atoms with Crippen molar-refractivity contribution in [2.75, 3.05) is 7.11 Å². The summed E-state index contributed by atoms with van der Waals surface area (Å²) in [4.78, 5) is 3.42. The third-order valence-electron chi connectivity index (χ3n) is 2.87. The number of aromatic nitrogens is 1. The average molecular weight is 331 g/mol. The maximum absolute atomic E-state index is 12.4. The molecular weight excluding hydrogens is 319 g/mol. The molecule has 0 saturated heterocycles. The molecule has 0 N–H and O–H groups in total. The predicted octanol–water partition coefficient (Wildman–Crippen LogP) is 3.08. The molecule has 0 atom stereocenters. The van der Waals surface area contributed by atoms with Gasteiger partial charge in [-0.15, -0.1) is 0 Å². The normalized spacial score (nSPS) is 12.2. The van der Waals surface area contributed by atoms with E-state index in [0.717, 1.165) is 6.07 Å². The van der Waals surface area contributed by atoms with Gasteiger partial charge in [0.15, 0.2) is 14.9 Å². The topological polar surface area (TPSA) is 56.3 Å². The minimum atomic E-state index is -4.55. The lowest BCUT2D eigenvalue weighted by Crippen LogP contribution is -2.10. The number of methoxy groups -OCH3 is 1. The lowest BCUT2D eigenvalue weighted by molar-refractivity contribution is -0.137. The van der Waals surface area contributed by atoms with Crippen LogP contribution in [0.1, 0.15) is 11.1 Å². The Labute approximate surface area is 125 Å². The Balaban J connectivity index is 2.26. The van der Waals surface area contributed by atoms with Crippen molar-refractivity contribution in [3.05, 3.63) is 53.7 Å². The van der Waals surface area contributed by atoms with Crippen LogP contribution in [-0.2, 0) is 21.8 Å². The maximum Gasteiger partial charge on any atom is 0.417 e. The molecule has 0 radical (unpaired) electrons. The first-order valence-corrected chi connectivity index (χ1v) is 7.76. The van der Waals surface area contributed by atoms with Crippen LogP contribution in [0, 0.1) is 0 Å². The molecule has 118 valence electrons. The second-order valence-corrected chi connectivity index (χ2v) is 6.43. The van der Waals surface area contributed by atoms with Crippen molar-refractivity contribution in [3.8, 4) is 5.75 Å². The monoisotopic (exact) mass is 331 g/mol. The minimum Gasteiger partial charge on any atom is -0.497 e. The highest BCUT2D eigenvalue weighted by molar-refractivity contribution is 7.90. The van der Waals surface area contributed by atoms with Gasteiger partial charge in [-0.05, 0) is 29.8 Å². The van der Waals surface area contributed by atoms with Gasteiger partial charge in [-0.1, -0.05) is 12.1 Å². The summed E-state index contributed by atoms with van der Waals surface area (Å²) in [5.74, 6) is 0.121. The molecule has 4 nitrogen and oxygen atoms in total. The molecule has 1 aromatic carbocycles. The van der Waals surface area contributed by atoms with Crippen LogP contribution in [-0.4, -0.2) is 20.5 Å². The minimum absolute atomic E-state index is 0.372. The number of sulfone groups is 1. The number of hydrogen-bond acceptors (Lipinski definition) is 4. The van der Waals surface area contributed by atoms with Gasteiger partial charge in [0.05, 0.1) is 18.4 Å². The van der Waals surface area contributed by atoms with Gasteiger partial charge < -0.3 is 4.74 Å². The van der Waals surface area contributed by atoms with Gasteiger partial charge >= 0.3 is 6.18 Å². The third kappa shape index (κ3) is 3.76. The van der Waals surface area contributed by atoms with E-state index in [9.17, 15) is 21.6 Å². The number of pyridine rings is 1. The van der Waals surface area contributed by atoms with Crippen LogP contribution in [0.3, 0.4) is 0 Å². The second kappa shape index (κ2) is 5.96. The lowest BCUT2D eigenvalue weighted by Gasteiger charge is -2.08.